The van der Waals surface area contributed by atoms with Gasteiger partial charge >= 0.3 is 0 Å². The summed E-state index contributed by atoms with van der Waals surface area (Å²) < 4.78 is 5.62. The first-order chi connectivity index (χ1) is 7.40. The van der Waals surface area contributed by atoms with Crippen LogP contribution in [0.4, 0.5) is 0 Å². The molecule has 78 valence electrons. The van der Waals surface area contributed by atoms with Gasteiger partial charge < -0.3 is 4.74 Å². The smallest absolute Gasteiger partial charge is 0.122 e. The summed E-state index contributed by atoms with van der Waals surface area (Å²) in [6, 6.07) is 4.40. The SMILES string of the molecule is C=CCC1CCc2ccc3c(c21)CCO3. The highest BCUT2D eigenvalue weighted by atomic mass is 16.5. The molecule has 1 aliphatic carbocycles. The number of aryl methyl sites for hydroxylation is 1. The van der Waals surface area contributed by atoms with E-state index in [2.05, 4.69) is 24.8 Å². The van der Waals surface area contributed by atoms with Crippen molar-refractivity contribution in [3.63, 3.8) is 0 Å². The van der Waals surface area contributed by atoms with Crippen LogP contribution in [0.1, 0.15) is 35.4 Å². The van der Waals surface area contributed by atoms with Crippen LogP contribution in [-0.4, -0.2) is 6.61 Å². The first-order valence-electron chi connectivity index (χ1n) is 5.78. The van der Waals surface area contributed by atoms with Gasteiger partial charge in [0.2, 0.25) is 0 Å². The summed E-state index contributed by atoms with van der Waals surface area (Å²) in [5, 5.41) is 0. The largest absolute Gasteiger partial charge is 0.493 e. The lowest BCUT2D eigenvalue weighted by Crippen LogP contribution is -1.96. The number of ether oxygens (including phenoxy) is 1. The fourth-order valence-electron chi connectivity index (χ4n) is 2.99. The van der Waals surface area contributed by atoms with Gasteiger partial charge in [0.15, 0.2) is 0 Å². The third-order valence-electron chi connectivity index (χ3n) is 3.64. The van der Waals surface area contributed by atoms with E-state index in [0.29, 0.717) is 5.92 Å². The summed E-state index contributed by atoms with van der Waals surface area (Å²) in [5.74, 6) is 1.83. The summed E-state index contributed by atoms with van der Waals surface area (Å²) >= 11 is 0. The van der Waals surface area contributed by atoms with Crippen LogP contribution in [0.15, 0.2) is 24.8 Å². The van der Waals surface area contributed by atoms with E-state index in [1.807, 2.05) is 0 Å². The Morgan fingerprint density at radius 2 is 2.33 bits per heavy atom. The fourth-order valence-corrected chi connectivity index (χ4v) is 2.99. The van der Waals surface area contributed by atoms with Gasteiger partial charge in [-0.25, -0.2) is 0 Å². The van der Waals surface area contributed by atoms with E-state index in [0.717, 1.165) is 25.2 Å². The Bertz CT molecular complexity index is 406. The van der Waals surface area contributed by atoms with E-state index in [1.54, 1.807) is 11.1 Å². The molecule has 1 unspecified atom stereocenters. The van der Waals surface area contributed by atoms with Gasteiger partial charge in [-0.1, -0.05) is 12.1 Å². The molecule has 1 aliphatic heterocycles. The molecule has 0 spiro atoms. The second-order valence-corrected chi connectivity index (χ2v) is 4.47. The predicted octanol–water partition coefficient (Wildman–Crippen LogP) is 3.23. The third-order valence-corrected chi connectivity index (χ3v) is 3.64. The number of hydrogen-bond donors (Lipinski definition) is 0. The Hall–Kier alpha value is -1.24. The number of benzene rings is 1. The van der Waals surface area contributed by atoms with Crippen molar-refractivity contribution in [2.24, 2.45) is 0 Å². The van der Waals surface area contributed by atoms with E-state index in [1.165, 1.54) is 18.4 Å². The summed E-state index contributed by atoms with van der Waals surface area (Å²) in [6.07, 6.45) is 6.80. The van der Waals surface area contributed by atoms with E-state index in [9.17, 15) is 0 Å². The summed E-state index contributed by atoms with van der Waals surface area (Å²) in [4.78, 5) is 0. The zero-order valence-electron chi connectivity index (χ0n) is 8.96. The van der Waals surface area contributed by atoms with Gasteiger partial charge in [0.05, 0.1) is 6.61 Å². The van der Waals surface area contributed by atoms with Crippen molar-refractivity contribution < 1.29 is 4.74 Å². The maximum atomic E-state index is 5.62. The second kappa shape index (κ2) is 3.41. The molecule has 2 aliphatic rings. The normalized spacial score (nSPS) is 22.0. The maximum absolute atomic E-state index is 5.62. The molecule has 1 heterocycles. The van der Waals surface area contributed by atoms with Gasteiger partial charge in [0, 0.05) is 12.0 Å². The van der Waals surface area contributed by atoms with Crippen molar-refractivity contribution in [1.29, 1.82) is 0 Å². The third kappa shape index (κ3) is 1.30. The lowest BCUT2D eigenvalue weighted by atomic mass is 9.92. The minimum Gasteiger partial charge on any atom is -0.493 e. The molecule has 0 bridgehead atoms. The molecule has 0 saturated heterocycles. The van der Waals surface area contributed by atoms with Gasteiger partial charge in [-0.15, -0.1) is 6.58 Å². The van der Waals surface area contributed by atoms with Crippen molar-refractivity contribution in [2.75, 3.05) is 6.61 Å². The highest BCUT2D eigenvalue weighted by molar-refractivity contribution is 5.51. The Labute approximate surface area is 90.8 Å². The van der Waals surface area contributed by atoms with Crippen LogP contribution in [0.5, 0.6) is 5.75 Å². The molecular formula is C14H16O. The van der Waals surface area contributed by atoms with Gasteiger partial charge in [-0.05, 0) is 42.4 Å². The van der Waals surface area contributed by atoms with E-state index in [-0.39, 0.29) is 0 Å². The predicted molar refractivity (Wildman–Crippen MR) is 61.5 cm³/mol. The fraction of sp³-hybridized carbons (Fsp3) is 0.429. The van der Waals surface area contributed by atoms with Gasteiger partial charge in [0.1, 0.15) is 5.75 Å². The molecule has 1 aromatic rings. The van der Waals surface area contributed by atoms with Crippen molar-refractivity contribution >= 4 is 0 Å². The van der Waals surface area contributed by atoms with Gasteiger partial charge in [0.25, 0.3) is 0 Å². The van der Waals surface area contributed by atoms with Crippen molar-refractivity contribution in [2.45, 2.75) is 31.6 Å². The van der Waals surface area contributed by atoms with E-state index < -0.39 is 0 Å². The topological polar surface area (TPSA) is 9.23 Å². The maximum Gasteiger partial charge on any atom is 0.122 e. The lowest BCUT2D eigenvalue weighted by Gasteiger charge is -2.12. The van der Waals surface area contributed by atoms with Crippen LogP contribution in [0.3, 0.4) is 0 Å². The molecule has 1 heteroatoms. The molecule has 0 amide bonds. The monoisotopic (exact) mass is 200 g/mol. The quantitative estimate of drug-likeness (QED) is 0.666. The molecule has 0 N–H and O–H groups in total. The molecule has 3 rings (SSSR count). The zero-order chi connectivity index (χ0) is 10.3. The average molecular weight is 200 g/mol. The molecule has 1 aromatic carbocycles. The number of allylic oxidation sites excluding steroid dienone is 1. The average Bonchev–Trinajstić information content (AvgIpc) is 2.83. The molecule has 1 nitrogen and oxygen atoms in total. The molecule has 1 atom stereocenters. The first-order valence-corrected chi connectivity index (χ1v) is 5.78. The minimum absolute atomic E-state index is 0.703. The van der Waals surface area contributed by atoms with Crippen molar-refractivity contribution in [1.82, 2.24) is 0 Å². The highest BCUT2D eigenvalue weighted by Gasteiger charge is 2.28. The van der Waals surface area contributed by atoms with Gasteiger partial charge in [-0.3, -0.25) is 0 Å². The minimum atomic E-state index is 0.703. The van der Waals surface area contributed by atoms with Crippen LogP contribution in [0, 0.1) is 0 Å². The van der Waals surface area contributed by atoms with Crippen LogP contribution in [0.2, 0.25) is 0 Å². The molecular weight excluding hydrogens is 184 g/mol. The summed E-state index contributed by atoms with van der Waals surface area (Å²) in [6.45, 7) is 4.73. The molecule has 0 radical (unpaired) electrons. The molecule has 0 saturated carbocycles. The lowest BCUT2D eigenvalue weighted by molar-refractivity contribution is 0.357. The van der Waals surface area contributed by atoms with Gasteiger partial charge in [-0.2, -0.15) is 0 Å². The van der Waals surface area contributed by atoms with Crippen LogP contribution < -0.4 is 4.74 Å². The number of rotatable bonds is 2. The van der Waals surface area contributed by atoms with Crippen LogP contribution >= 0.6 is 0 Å². The van der Waals surface area contributed by atoms with Crippen LogP contribution in [0.25, 0.3) is 0 Å². The highest BCUT2D eigenvalue weighted by Crippen LogP contribution is 2.43. The Morgan fingerprint density at radius 3 is 3.20 bits per heavy atom. The number of hydrogen-bond acceptors (Lipinski definition) is 1. The Kier molecular flexibility index (Phi) is 2.05. The summed E-state index contributed by atoms with van der Waals surface area (Å²) in [7, 11) is 0. The van der Waals surface area contributed by atoms with Crippen molar-refractivity contribution in [3.05, 3.63) is 41.5 Å². The molecule has 0 aromatic heterocycles. The number of fused-ring (bicyclic) bond motifs is 3. The standard InChI is InChI=1S/C14H16O/c1-2-3-10-4-5-11-6-7-13-12(14(10)11)8-9-15-13/h2,6-7,10H,1,3-5,8-9H2. The van der Waals surface area contributed by atoms with E-state index in [4.69, 9.17) is 4.74 Å². The van der Waals surface area contributed by atoms with Crippen LogP contribution in [-0.2, 0) is 12.8 Å². The second-order valence-electron chi connectivity index (χ2n) is 4.47. The van der Waals surface area contributed by atoms with Crippen molar-refractivity contribution in [3.8, 4) is 5.75 Å². The Morgan fingerprint density at radius 1 is 1.40 bits per heavy atom. The molecule has 0 fully saturated rings. The Balaban J connectivity index is 2.09. The zero-order valence-corrected chi connectivity index (χ0v) is 8.96. The van der Waals surface area contributed by atoms with E-state index >= 15 is 0 Å². The first kappa shape index (κ1) is 9.02. The summed E-state index contributed by atoms with van der Waals surface area (Å²) in [5.41, 5.74) is 4.62. The molecule has 15 heavy (non-hydrogen) atoms.